The van der Waals surface area contributed by atoms with Gasteiger partial charge in [-0.15, -0.1) is 0 Å². The van der Waals surface area contributed by atoms with Gasteiger partial charge >= 0.3 is 12.0 Å². The molecule has 2 aliphatic carbocycles. The van der Waals surface area contributed by atoms with Crippen LogP contribution in [0.2, 0.25) is 0 Å². The number of nitrogens with zero attached hydrogens (tertiary/aromatic N) is 1. The summed E-state index contributed by atoms with van der Waals surface area (Å²) in [4.78, 5) is 80.7. The summed E-state index contributed by atoms with van der Waals surface area (Å²) in [6.07, 6.45) is 3.22. The Bertz CT molecular complexity index is 1360. The van der Waals surface area contributed by atoms with E-state index < -0.39 is 76.6 Å². The highest BCUT2D eigenvalue weighted by Gasteiger charge is 2.54. The number of carbonyl (C=O) groups excluding carboxylic acids is 6. The average molecular weight is 654 g/mol. The third-order valence-corrected chi connectivity index (χ3v) is 9.67. The van der Waals surface area contributed by atoms with E-state index in [2.05, 4.69) is 16.0 Å². The van der Waals surface area contributed by atoms with Crippen LogP contribution in [0.3, 0.4) is 0 Å². The fraction of sp³-hybridized carbons (Fsp3) is 0.657. The molecule has 0 bridgehead atoms. The highest BCUT2D eigenvalue weighted by atomic mass is 16.5. The number of nitrogens with one attached hydrogen (secondary N) is 3. The number of urea groups is 1. The van der Waals surface area contributed by atoms with Crippen LogP contribution in [0.4, 0.5) is 4.79 Å². The Balaban J connectivity index is 1.49. The molecule has 1 heterocycles. The van der Waals surface area contributed by atoms with Gasteiger partial charge in [0.05, 0.1) is 6.04 Å². The van der Waals surface area contributed by atoms with Crippen LogP contribution in [0.25, 0.3) is 0 Å². The van der Waals surface area contributed by atoms with Crippen molar-refractivity contribution in [1.82, 2.24) is 20.9 Å². The standard InChI is InChI=1S/C35H51N5O7/c1-19(21-11-9-8-10-12-21)47-32(45)28(35(5,6)7)39-33(46)38-27(34(2,3)4)31(44)40-18-22-15-16-23(22)25(40)30(43)37-24(17-20-13-14-20)26(41)29(36)42/h8-12,19-20,22-25,27-28H,13-18H2,1-7H3,(H2,36,42)(H,37,43)(H2,38,39,46)/t19-,22+,23+,24?,25+,27-,28-/m1/s1. The van der Waals surface area contributed by atoms with Gasteiger partial charge in [-0.25, -0.2) is 9.59 Å². The van der Waals surface area contributed by atoms with E-state index in [9.17, 15) is 28.8 Å². The van der Waals surface area contributed by atoms with Crippen molar-refractivity contribution < 1.29 is 33.5 Å². The van der Waals surface area contributed by atoms with E-state index in [1.807, 2.05) is 71.9 Å². The molecule has 3 fully saturated rings. The van der Waals surface area contributed by atoms with E-state index in [-0.39, 0.29) is 17.8 Å². The lowest BCUT2D eigenvalue weighted by Crippen LogP contribution is -2.62. The van der Waals surface area contributed by atoms with E-state index in [1.165, 1.54) is 4.90 Å². The van der Waals surface area contributed by atoms with Gasteiger partial charge in [-0.2, -0.15) is 0 Å². The molecule has 1 aromatic carbocycles. The van der Waals surface area contributed by atoms with Crippen molar-refractivity contribution in [3.63, 3.8) is 0 Å². The van der Waals surface area contributed by atoms with E-state index in [4.69, 9.17) is 10.5 Å². The Hall–Kier alpha value is -3.96. The number of fused-ring (bicyclic) bond motifs is 1. The molecule has 3 aliphatic rings. The van der Waals surface area contributed by atoms with Crippen LogP contribution < -0.4 is 21.7 Å². The molecule has 1 aromatic rings. The monoisotopic (exact) mass is 653 g/mol. The second-order valence-electron chi connectivity index (χ2n) is 15.6. The average Bonchev–Trinajstić information content (AvgIpc) is 3.75. The van der Waals surface area contributed by atoms with Crippen LogP contribution in [-0.2, 0) is 28.7 Å². The molecule has 12 nitrogen and oxygen atoms in total. The van der Waals surface area contributed by atoms with Crippen molar-refractivity contribution >= 4 is 35.5 Å². The predicted molar refractivity (Wildman–Crippen MR) is 174 cm³/mol. The molecule has 1 saturated heterocycles. The third kappa shape index (κ3) is 8.70. The summed E-state index contributed by atoms with van der Waals surface area (Å²) in [6.45, 7) is 12.9. The van der Waals surface area contributed by atoms with Crippen LogP contribution in [0.5, 0.6) is 0 Å². The molecule has 47 heavy (non-hydrogen) atoms. The molecule has 5 amide bonds. The summed E-state index contributed by atoms with van der Waals surface area (Å²) in [6, 6.07) is 4.58. The van der Waals surface area contributed by atoms with Crippen LogP contribution >= 0.6 is 0 Å². The number of nitrogens with two attached hydrogens (primary N) is 1. The van der Waals surface area contributed by atoms with Gasteiger partial charge in [-0.05, 0) is 60.3 Å². The lowest BCUT2D eigenvalue weighted by molar-refractivity contribution is -0.153. The van der Waals surface area contributed by atoms with E-state index in [1.54, 1.807) is 6.92 Å². The molecule has 0 radical (unpaired) electrons. The number of Topliss-reactive ketones (excluding diaryl/α,β-unsaturated/α-hetero) is 1. The van der Waals surface area contributed by atoms with Crippen LogP contribution in [0.1, 0.15) is 92.2 Å². The number of primary amides is 1. The lowest BCUT2D eigenvalue weighted by atomic mass is 9.73. The fourth-order valence-corrected chi connectivity index (χ4v) is 6.53. The second-order valence-corrected chi connectivity index (χ2v) is 15.6. The zero-order valence-electron chi connectivity index (χ0n) is 28.6. The summed E-state index contributed by atoms with van der Waals surface area (Å²) >= 11 is 0. The van der Waals surface area contributed by atoms with Crippen LogP contribution in [0, 0.1) is 28.6 Å². The Kier molecular flexibility index (Phi) is 10.7. The van der Waals surface area contributed by atoms with Crippen LogP contribution in [-0.4, -0.2) is 71.1 Å². The molecule has 1 unspecified atom stereocenters. The molecule has 5 N–H and O–H groups in total. The topological polar surface area (TPSA) is 177 Å². The molecule has 0 spiro atoms. The van der Waals surface area contributed by atoms with Gasteiger partial charge in [-0.1, -0.05) is 84.7 Å². The maximum Gasteiger partial charge on any atom is 0.329 e. The smallest absolute Gasteiger partial charge is 0.329 e. The Morgan fingerprint density at radius 2 is 1.47 bits per heavy atom. The van der Waals surface area contributed by atoms with Crippen LogP contribution in [0.15, 0.2) is 30.3 Å². The van der Waals surface area contributed by atoms with Gasteiger partial charge in [-0.3, -0.25) is 19.2 Å². The minimum Gasteiger partial charge on any atom is -0.456 e. The molecule has 4 rings (SSSR count). The largest absolute Gasteiger partial charge is 0.456 e. The number of esters is 1. The van der Waals surface area contributed by atoms with E-state index in [0.29, 0.717) is 13.0 Å². The summed E-state index contributed by atoms with van der Waals surface area (Å²) < 4.78 is 5.73. The van der Waals surface area contributed by atoms with Crippen molar-refractivity contribution in [2.24, 2.45) is 34.3 Å². The van der Waals surface area contributed by atoms with Gasteiger partial charge in [0.1, 0.15) is 24.2 Å². The first-order valence-corrected chi connectivity index (χ1v) is 16.7. The molecule has 12 heteroatoms. The number of rotatable bonds is 12. The summed E-state index contributed by atoms with van der Waals surface area (Å²) in [5.74, 6) is -3.23. The minimum absolute atomic E-state index is 0.0923. The minimum atomic E-state index is -1.10. The summed E-state index contributed by atoms with van der Waals surface area (Å²) in [7, 11) is 0. The normalized spacial score (nSPS) is 23.2. The first-order chi connectivity index (χ1) is 21.9. The maximum absolute atomic E-state index is 14.3. The molecule has 1 aliphatic heterocycles. The fourth-order valence-electron chi connectivity index (χ4n) is 6.53. The van der Waals surface area contributed by atoms with E-state index in [0.717, 1.165) is 31.2 Å². The number of likely N-dealkylation sites (tertiary alicyclic amines) is 1. The number of amides is 5. The van der Waals surface area contributed by atoms with Crippen molar-refractivity contribution in [3.8, 4) is 0 Å². The zero-order chi connectivity index (χ0) is 34.8. The van der Waals surface area contributed by atoms with Gasteiger partial charge in [0.25, 0.3) is 5.91 Å². The lowest BCUT2D eigenvalue weighted by Gasteiger charge is -2.37. The Labute approximate surface area is 277 Å². The van der Waals surface area contributed by atoms with Gasteiger partial charge < -0.3 is 31.3 Å². The molecule has 7 atom stereocenters. The highest BCUT2D eigenvalue weighted by Crippen LogP contribution is 2.46. The van der Waals surface area contributed by atoms with Gasteiger partial charge in [0.2, 0.25) is 17.6 Å². The number of carbonyl (C=O) groups is 6. The maximum atomic E-state index is 14.3. The van der Waals surface area contributed by atoms with Gasteiger partial charge in [0, 0.05) is 6.54 Å². The third-order valence-electron chi connectivity index (χ3n) is 9.67. The van der Waals surface area contributed by atoms with Gasteiger partial charge in [0.15, 0.2) is 0 Å². The summed E-state index contributed by atoms with van der Waals surface area (Å²) in [5, 5.41) is 8.29. The Morgan fingerprint density at radius 1 is 0.872 bits per heavy atom. The number of hydrogen-bond acceptors (Lipinski definition) is 7. The van der Waals surface area contributed by atoms with Crippen molar-refractivity contribution in [1.29, 1.82) is 0 Å². The number of ether oxygens (including phenoxy) is 1. The van der Waals surface area contributed by atoms with Crippen molar-refractivity contribution in [2.75, 3.05) is 6.54 Å². The first-order valence-electron chi connectivity index (χ1n) is 16.7. The predicted octanol–water partition coefficient (Wildman–Crippen LogP) is 3.00. The number of ketones is 1. The SMILES string of the molecule is C[C@@H](OC(=O)[C@@H](NC(=O)N[C@H](C(=O)N1C[C@@H]2CC[C@@H]2[C@H]1C(=O)NC(CC1CC1)C(=O)C(N)=O)C(C)(C)C)C(C)(C)C)c1ccccc1. The van der Waals surface area contributed by atoms with Crippen molar-refractivity contribution in [3.05, 3.63) is 35.9 Å². The summed E-state index contributed by atoms with van der Waals surface area (Å²) in [5.41, 5.74) is 4.60. The number of benzene rings is 1. The van der Waals surface area contributed by atoms with Crippen molar-refractivity contribution in [2.45, 2.75) is 111 Å². The second kappa shape index (κ2) is 14.0. The molecule has 0 aromatic heterocycles. The molecular weight excluding hydrogens is 602 g/mol. The zero-order valence-corrected chi connectivity index (χ0v) is 28.6. The quantitative estimate of drug-likeness (QED) is 0.198. The highest BCUT2D eigenvalue weighted by molar-refractivity contribution is 6.37. The molecule has 258 valence electrons. The Morgan fingerprint density at radius 3 is 1.98 bits per heavy atom. The number of hydrogen-bond donors (Lipinski definition) is 4. The molecular formula is C35H51N5O7. The first kappa shape index (κ1) is 35.9. The van der Waals surface area contributed by atoms with E-state index >= 15 is 0 Å². The molecule has 2 saturated carbocycles.